The summed E-state index contributed by atoms with van der Waals surface area (Å²) in [6.45, 7) is 5.37. The molecule has 1 aliphatic rings. The molecule has 2 heterocycles. The van der Waals surface area contributed by atoms with Gasteiger partial charge in [0.05, 0.1) is 0 Å². The molecule has 0 radical (unpaired) electrons. The number of amides is 1. The minimum Gasteiger partial charge on any atom is -0.454 e. The second-order valence-electron chi connectivity index (χ2n) is 6.85. The molecular weight excluding hydrogens is 370 g/mol. The van der Waals surface area contributed by atoms with Crippen molar-refractivity contribution in [2.24, 2.45) is 0 Å². The van der Waals surface area contributed by atoms with Crippen LogP contribution in [0, 0.1) is 0 Å². The van der Waals surface area contributed by atoms with E-state index in [9.17, 15) is 9.59 Å². The number of fused-ring (bicyclic) bond motifs is 1. The Hall–Kier alpha value is -2.55. The standard InChI is InChI=1S/C18H21N3O5S/c1-11(22)9-18(2,3)19-15(23)6-7-27-17-21-20-16(26-17)12-4-5-13-14(8-12)25-10-24-13/h4-5,8H,6-7,9-10H2,1-3H3,(H,19,23). The van der Waals surface area contributed by atoms with Gasteiger partial charge in [-0.25, -0.2) is 0 Å². The SMILES string of the molecule is CC(=O)CC(C)(C)NC(=O)CCSc1nnc(-c2ccc3c(c2)OCO3)o1. The van der Waals surface area contributed by atoms with Crippen LogP contribution in [0.25, 0.3) is 11.5 Å². The van der Waals surface area contributed by atoms with E-state index in [1.807, 2.05) is 19.9 Å². The summed E-state index contributed by atoms with van der Waals surface area (Å²) < 4.78 is 16.2. The second kappa shape index (κ2) is 7.99. The quantitative estimate of drug-likeness (QED) is 0.685. The van der Waals surface area contributed by atoms with Crippen molar-refractivity contribution in [3.63, 3.8) is 0 Å². The third-order valence-corrected chi connectivity index (χ3v) is 4.57. The van der Waals surface area contributed by atoms with Crippen LogP contribution in [0.5, 0.6) is 11.5 Å². The monoisotopic (exact) mass is 391 g/mol. The normalized spacial score (nSPS) is 12.9. The van der Waals surface area contributed by atoms with E-state index in [4.69, 9.17) is 13.9 Å². The van der Waals surface area contributed by atoms with Gasteiger partial charge in [-0.2, -0.15) is 0 Å². The van der Waals surface area contributed by atoms with Crippen molar-refractivity contribution in [2.75, 3.05) is 12.5 Å². The van der Waals surface area contributed by atoms with Crippen molar-refractivity contribution < 1.29 is 23.5 Å². The van der Waals surface area contributed by atoms with Gasteiger partial charge >= 0.3 is 0 Å². The maximum atomic E-state index is 12.0. The highest BCUT2D eigenvalue weighted by Crippen LogP contribution is 2.36. The number of benzene rings is 1. The molecule has 1 aliphatic heterocycles. The minimum absolute atomic E-state index is 0.0385. The molecule has 144 valence electrons. The summed E-state index contributed by atoms with van der Waals surface area (Å²) in [7, 11) is 0. The summed E-state index contributed by atoms with van der Waals surface area (Å²) in [5.74, 6) is 2.12. The summed E-state index contributed by atoms with van der Waals surface area (Å²) in [6.07, 6.45) is 0.585. The Morgan fingerprint density at radius 1 is 1.22 bits per heavy atom. The molecule has 0 fully saturated rings. The van der Waals surface area contributed by atoms with Crippen molar-refractivity contribution >= 4 is 23.5 Å². The van der Waals surface area contributed by atoms with E-state index >= 15 is 0 Å². The second-order valence-corrected chi connectivity index (χ2v) is 7.90. The lowest BCUT2D eigenvalue weighted by Crippen LogP contribution is -2.44. The number of ether oxygens (including phenoxy) is 2. The van der Waals surface area contributed by atoms with E-state index < -0.39 is 5.54 Å². The molecule has 0 saturated heterocycles. The lowest BCUT2D eigenvalue weighted by Gasteiger charge is -2.24. The molecule has 1 aromatic carbocycles. The summed E-state index contributed by atoms with van der Waals surface area (Å²) in [5.41, 5.74) is 0.187. The Kier molecular flexibility index (Phi) is 5.69. The highest BCUT2D eigenvalue weighted by Gasteiger charge is 2.22. The lowest BCUT2D eigenvalue weighted by molar-refractivity contribution is -0.123. The van der Waals surface area contributed by atoms with Crippen molar-refractivity contribution in [3.8, 4) is 23.0 Å². The van der Waals surface area contributed by atoms with Crippen LogP contribution >= 0.6 is 11.8 Å². The molecule has 0 aliphatic carbocycles. The molecule has 1 N–H and O–H groups in total. The maximum absolute atomic E-state index is 12.0. The minimum atomic E-state index is -0.551. The average molecular weight is 391 g/mol. The first-order valence-electron chi connectivity index (χ1n) is 8.49. The van der Waals surface area contributed by atoms with E-state index in [1.165, 1.54) is 18.7 Å². The molecule has 2 aromatic rings. The van der Waals surface area contributed by atoms with Gasteiger partial charge in [-0.1, -0.05) is 11.8 Å². The predicted molar refractivity (Wildman–Crippen MR) is 98.7 cm³/mol. The molecule has 3 rings (SSSR count). The third kappa shape index (κ3) is 5.22. The lowest BCUT2D eigenvalue weighted by atomic mass is 9.98. The van der Waals surface area contributed by atoms with Gasteiger partial charge in [0.15, 0.2) is 11.5 Å². The van der Waals surface area contributed by atoms with Crippen molar-refractivity contribution in [1.29, 1.82) is 0 Å². The van der Waals surface area contributed by atoms with Crippen LogP contribution in [-0.4, -0.2) is 40.0 Å². The molecule has 1 aromatic heterocycles. The van der Waals surface area contributed by atoms with Gasteiger partial charge in [-0.3, -0.25) is 9.59 Å². The van der Waals surface area contributed by atoms with Crippen LogP contribution in [0.15, 0.2) is 27.8 Å². The first-order valence-corrected chi connectivity index (χ1v) is 9.48. The first kappa shape index (κ1) is 19.2. The molecule has 0 unspecified atom stereocenters. The van der Waals surface area contributed by atoms with Crippen LogP contribution < -0.4 is 14.8 Å². The van der Waals surface area contributed by atoms with Gasteiger partial charge in [-0.05, 0) is 39.0 Å². The van der Waals surface area contributed by atoms with Gasteiger partial charge in [0.1, 0.15) is 5.78 Å². The molecule has 1 amide bonds. The molecule has 0 saturated carbocycles. The summed E-state index contributed by atoms with van der Waals surface area (Å²) in [5, 5.41) is 11.3. The largest absolute Gasteiger partial charge is 0.454 e. The van der Waals surface area contributed by atoms with Crippen LogP contribution in [0.1, 0.15) is 33.6 Å². The Balaban J connectivity index is 1.50. The number of nitrogens with one attached hydrogen (secondary N) is 1. The van der Waals surface area contributed by atoms with E-state index in [2.05, 4.69) is 15.5 Å². The van der Waals surface area contributed by atoms with E-state index in [0.717, 1.165) is 5.56 Å². The van der Waals surface area contributed by atoms with Crippen molar-refractivity contribution in [2.45, 2.75) is 44.4 Å². The molecule has 8 nitrogen and oxygen atoms in total. The summed E-state index contributed by atoms with van der Waals surface area (Å²) in [4.78, 5) is 23.3. The number of ketones is 1. The number of aromatic nitrogens is 2. The highest BCUT2D eigenvalue weighted by molar-refractivity contribution is 7.99. The summed E-state index contributed by atoms with van der Waals surface area (Å²) in [6, 6.07) is 5.40. The highest BCUT2D eigenvalue weighted by atomic mass is 32.2. The zero-order chi connectivity index (χ0) is 19.4. The van der Waals surface area contributed by atoms with Gasteiger partial charge < -0.3 is 19.2 Å². The van der Waals surface area contributed by atoms with Gasteiger partial charge in [0, 0.05) is 29.7 Å². The number of carbonyl (C=O) groups excluding carboxylic acids is 2. The molecular formula is C18H21N3O5S. The topological polar surface area (TPSA) is 104 Å². The van der Waals surface area contributed by atoms with E-state index in [-0.39, 0.29) is 24.9 Å². The third-order valence-electron chi connectivity index (χ3n) is 3.75. The van der Waals surface area contributed by atoms with E-state index in [1.54, 1.807) is 12.1 Å². The molecule has 0 bridgehead atoms. The number of rotatable bonds is 8. The van der Waals surface area contributed by atoms with Crippen LogP contribution in [0.2, 0.25) is 0 Å². The molecule has 9 heteroatoms. The van der Waals surface area contributed by atoms with Crippen LogP contribution in [0.4, 0.5) is 0 Å². The zero-order valence-corrected chi connectivity index (χ0v) is 16.2. The van der Waals surface area contributed by atoms with Gasteiger partial charge in [-0.15, -0.1) is 10.2 Å². The van der Waals surface area contributed by atoms with Crippen LogP contribution in [-0.2, 0) is 9.59 Å². The summed E-state index contributed by atoms with van der Waals surface area (Å²) >= 11 is 1.31. The first-order chi connectivity index (χ1) is 12.8. The van der Waals surface area contributed by atoms with Crippen molar-refractivity contribution in [3.05, 3.63) is 18.2 Å². The number of thioether (sulfide) groups is 1. The Morgan fingerprint density at radius 3 is 2.78 bits per heavy atom. The Morgan fingerprint density at radius 2 is 2.00 bits per heavy atom. The average Bonchev–Trinajstić information content (AvgIpc) is 3.21. The molecule has 0 spiro atoms. The fourth-order valence-corrected chi connectivity index (χ4v) is 3.45. The van der Waals surface area contributed by atoms with Gasteiger partial charge in [0.2, 0.25) is 18.6 Å². The van der Waals surface area contributed by atoms with E-state index in [0.29, 0.717) is 34.8 Å². The van der Waals surface area contributed by atoms with Gasteiger partial charge in [0.25, 0.3) is 5.22 Å². The maximum Gasteiger partial charge on any atom is 0.276 e. The van der Waals surface area contributed by atoms with Crippen LogP contribution in [0.3, 0.4) is 0 Å². The zero-order valence-electron chi connectivity index (χ0n) is 15.4. The Labute approximate surface area is 161 Å². The number of hydrogen-bond acceptors (Lipinski definition) is 8. The fraction of sp³-hybridized carbons (Fsp3) is 0.444. The number of carbonyl (C=O) groups is 2. The number of nitrogens with zero attached hydrogens (tertiary/aromatic N) is 2. The number of hydrogen-bond donors (Lipinski definition) is 1. The smallest absolute Gasteiger partial charge is 0.276 e. The molecule has 27 heavy (non-hydrogen) atoms. The predicted octanol–water partition coefficient (Wildman–Crippen LogP) is 2.82. The molecule has 0 atom stereocenters. The van der Waals surface area contributed by atoms with Crippen molar-refractivity contribution in [1.82, 2.24) is 15.5 Å². The fourth-order valence-electron chi connectivity index (χ4n) is 2.75. The number of Topliss-reactive ketones (excluding diaryl/α,β-unsaturated/α-hetero) is 1. The Bertz CT molecular complexity index is 849.